The highest BCUT2D eigenvalue weighted by atomic mass is 35.5. The fraction of sp³-hybridized carbons (Fsp3) is 0.667. The molecule has 6 heteroatoms. The summed E-state index contributed by atoms with van der Waals surface area (Å²) in [7, 11) is 0. The first-order valence-corrected chi connectivity index (χ1v) is 9.41. The zero-order valence-corrected chi connectivity index (χ0v) is 16.5. The molecule has 2 heterocycles. The maximum Gasteiger partial charge on any atom is 0.223 e. The van der Waals surface area contributed by atoms with Crippen LogP contribution in [-0.2, 0) is 4.79 Å². The van der Waals surface area contributed by atoms with Gasteiger partial charge >= 0.3 is 0 Å². The van der Waals surface area contributed by atoms with Crippen molar-refractivity contribution >= 4 is 35.4 Å². The van der Waals surface area contributed by atoms with Gasteiger partial charge < -0.3 is 10.2 Å². The minimum absolute atomic E-state index is 0. The summed E-state index contributed by atoms with van der Waals surface area (Å²) in [5.74, 6) is 0.907. The van der Waals surface area contributed by atoms with E-state index in [1.54, 1.807) is 11.3 Å². The highest BCUT2D eigenvalue weighted by Gasteiger charge is 2.23. The average molecular weight is 373 g/mol. The van der Waals surface area contributed by atoms with Crippen molar-refractivity contribution < 1.29 is 9.59 Å². The summed E-state index contributed by atoms with van der Waals surface area (Å²) >= 11 is 1.64. The van der Waals surface area contributed by atoms with Crippen molar-refractivity contribution in [3.63, 3.8) is 0 Å². The molecule has 1 aromatic heterocycles. The van der Waals surface area contributed by atoms with Crippen LogP contribution in [0.3, 0.4) is 0 Å². The lowest BCUT2D eigenvalue weighted by Crippen LogP contribution is -2.40. The average Bonchev–Trinajstić information content (AvgIpc) is 2.89. The van der Waals surface area contributed by atoms with Gasteiger partial charge in [-0.15, -0.1) is 23.7 Å². The zero-order valence-electron chi connectivity index (χ0n) is 14.9. The van der Waals surface area contributed by atoms with Crippen molar-refractivity contribution in [1.29, 1.82) is 0 Å². The molecule has 0 aliphatic carbocycles. The van der Waals surface area contributed by atoms with Gasteiger partial charge in [0.15, 0.2) is 5.78 Å². The van der Waals surface area contributed by atoms with Gasteiger partial charge in [0.1, 0.15) is 0 Å². The van der Waals surface area contributed by atoms with Crippen LogP contribution in [0.1, 0.15) is 52.7 Å². The van der Waals surface area contributed by atoms with Gasteiger partial charge in [-0.1, -0.05) is 6.92 Å². The molecule has 24 heavy (non-hydrogen) atoms. The van der Waals surface area contributed by atoms with Crippen LogP contribution >= 0.6 is 23.7 Å². The molecule has 1 amide bonds. The number of hydrogen-bond acceptors (Lipinski definition) is 4. The molecule has 0 radical (unpaired) electrons. The smallest absolute Gasteiger partial charge is 0.223 e. The molecule has 136 valence electrons. The molecule has 0 aromatic carbocycles. The molecule has 1 N–H and O–H groups in total. The van der Waals surface area contributed by atoms with E-state index < -0.39 is 0 Å². The number of Topliss-reactive ketones (excluding diaryl/α,β-unsaturated/α-hetero) is 1. The van der Waals surface area contributed by atoms with Gasteiger partial charge in [0, 0.05) is 41.2 Å². The summed E-state index contributed by atoms with van der Waals surface area (Å²) in [5.41, 5.74) is 0.796. The van der Waals surface area contributed by atoms with E-state index >= 15 is 0 Å². The van der Waals surface area contributed by atoms with Gasteiger partial charge in [-0.3, -0.25) is 9.59 Å². The van der Waals surface area contributed by atoms with Gasteiger partial charge in [-0.25, -0.2) is 0 Å². The predicted octanol–water partition coefficient (Wildman–Crippen LogP) is 3.60. The molecule has 1 fully saturated rings. The second-order valence-corrected chi connectivity index (χ2v) is 7.84. The Morgan fingerprint density at radius 3 is 2.46 bits per heavy atom. The number of ketones is 1. The van der Waals surface area contributed by atoms with Crippen LogP contribution in [0.4, 0.5) is 0 Å². The lowest BCUT2D eigenvalue weighted by Gasteiger charge is -2.32. The monoisotopic (exact) mass is 372 g/mol. The Morgan fingerprint density at radius 1 is 1.25 bits per heavy atom. The molecule has 1 aliphatic rings. The van der Waals surface area contributed by atoms with E-state index in [1.165, 1.54) is 0 Å². The summed E-state index contributed by atoms with van der Waals surface area (Å²) in [6, 6.07) is 1.94. The van der Waals surface area contributed by atoms with Crippen molar-refractivity contribution in [3.8, 4) is 0 Å². The molecule has 1 aliphatic heterocycles. The van der Waals surface area contributed by atoms with E-state index in [0.29, 0.717) is 18.8 Å². The normalized spacial score (nSPS) is 15.2. The van der Waals surface area contributed by atoms with Crippen molar-refractivity contribution in [2.75, 3.05) is 26.2 Å². The minimum Gasteiger partial charge on any atom is -0.343 e. The molecule has 0 spiro atoms. The summed E-state index contributed by atoms with van der Waals surface area (Å²) in [6.45, 7) is 9.82. The summed E-state index contributed by atoms with van der Waals surface area (Å²) in [6.07, 6.45) is 2.79. The van der Waals surface area contributed by atoms with E-state index in [9.17, 15) is 9.59 Å². The Morgan fingerprint density at radius 2 is 1.92 bits per heavy atom. The Balaban J connectivity index is 0.00000288. The largest absolute Gasteiger partial charge is 0.343 e. The van der Waals surface area contributed by atoms with E-state index in [0.717, 1.165) is 54.3 Å². The Bertz CT molecular complexity index is 551. The van der Waals surface area contributed by atoms with Crippen LogP contribution in [0.2, 0.25) is 0 Å². The molecular formula is C18H29ClN2O2S. The third-order valence-corrected chi connectivity index (χ3v) is 5.52. The molecule has 1 saturated heterocycles. The maximum atomic E-state index is 12.3. The molecule has 0 atom stereocenters. The van der Waals surface area contributed by atoms with Crippen LogP contribution in [0.5, 0.6) is 0 Å². The summed E-state index contributed by atoms with van der Waals surface area (Å²) in [4.78, 5) is 28.7. The number of rotatable bonds is 7. The number of nitrogens with one attached hydrogen (secondary N) is 1. The fourth-order valence-corrected chi connectivity index (χ4v) is 4.10. The number of thiophene rings is 1. The van der Waals surface area contributed by atoms with Gasteiger partial charge in [0.2, 0.25) is 5.91 Å². The van der Waals surface area contributed by atoms with Crippen molar-refractivity contribution in [3.05, 3.63) is 21.4 Å². The number of carbonyl (C=O) groups is 2. The van der Waals surface area contributed by atoms with Crippen LogP contribution in [-0.4, -0.2) is 42.8 Å². The zero-order chi connectivity index (χ0) is 16.8. The third-order valence-electron chi connectivity index (χ3n) is 4.56. The first-order chi connectivity index (χ1) is 11.0. The Hall–Kier alpha value is -0.910. The molecule has 0 bridgehead atoms. The number of nitrogens with zero attached hydrogens (tertiary/aromatic N) is 1. The SMILES string of the molecule is CCNCC1CCN(C(=O)CCC(=O)c2cc(C)sc2C)CC1.Cl. The van der Waals surface area contributed by atoms with Crippen LogP contribution in [0.15, 0.2) is 6.07 Å². The second kappa shape index (κ2) is 10.2. The third kappa shape index (κ3) is 5.87. The van der Waals surface area contributed by atoms with Crippen LogP contribution < -0.4 is 5.32 Å². The summed E-state index contributed by atoms with van der Waals surface area (Å²) < 4.78 is 0. The minimum atomic E-state index is 0. The topological polar surface area (TPSA) is 49.4 Å². The van der Waals surface area contributed by atoms with Crippen LogP contribution in [0, 0.1) is 19.8 Å². The molecule has 0 saturated carbocycles. The van der Waals surface area contributed by atoms with E-state index in [-0.39, 0.29) is 24.1 Å². The second-order valence-electron chi connectivity index (χ2n) is 6.38. The predicted molar refractivity (Wildman–Crippen MR) is 102 cm³/mol. The van der Waals surface area contributed by atoms with Gasteiger partial charge in [-0.05, 0) is 51.8 Å². The van der Waals surface area contributed by atoms with E-state index in [2.05, 4.69) is 12.2 Å². The van der Waals surface area contributed by atoms with E-state index in [1.807, 2.05) is 24.8 Å². The van der Waals surface area contributed by atoms with Gasteiger partial charge in [0.25, 0.3) is 0 Å². The molecule has 4 nitrogen and oxygen atoms in total. The van der Waals surface area contributed by atoms with Gasteiger partial charge in [0.05, 0.1) is 0 Å². The van der Waals surface area contributed by atoms with Crippen molar-refractivity contribution in [2.24, 2.45) is 5.92 Å². The van der Waals surface area contributed by atoms with Crippen LogP contribution in [0.25, 0.3) is 0 Å². The number of halogens is 1. The first-order valence-electron chi connectivity index (χ1n) is 8.60. The molecule has 0 unspecified atom stereocenters. The lowest BCUT2D eigenvalue weighted by atomic mass is 9.96. The Kier molecular flexibility index (Phi) is 8.95. The number of aryl methyl sites for hydroxylation is 2. The number of carbonyl (C=O) groups excluding carboxylic acids is 2. The quantitative estimate of drug-likeness (QED) is 0.744. The standard InChI is InChI=1S/C18H28N2O2S.ClH/c1-4-19-12-15-7-9-20(10-8-15)18(22)6-5-17(21)16-11-13(2)23-14(16)3;/h11,15,19H,4-10,12H2,1-3H3;1H. The first kappa shape index (κ1) is 21.1. The van der Waals surface area contributed by atoms with E-state index in [4.69, 9.17) is 0 Å². The molecule has 1 aromatic rings. The summed E-state index contributed by atoms with van der Waals surface area (Å²) in [5, 5.41) is 3.38. The Labute approximate surface area is 155 Å². The highest BCUT2D eigenvalue weighted by molar-refractivity contribution is 7.12. The van der Waals surface area contributed by atoms with Crippen molar-refractivity contribution in [1.82, 2.24) is 10.2 Å². The fourth-order valence-electron chi connectivity index (χ4n) is 3.16. The number of amides is 1. The highest BCUT2D eigenvalue weighted by Crippen LogP contribution is 2.23. The molecular weight excluding hydrogens is 344 g/mol. The maximum absolute atomic E-state index is 12.3. The van der Waals surface area contributed by atoms with Crippen molar-refractivity contribution in [2.45, 2.75) is 46.5 Å². The number of hydrogen-bond donors (Lipinski definition) is 1. The molecule has 2 rings (SSSR count). The number of likely N-dealkylation sites (tertiary alicyclic amines) is 1. The lowest BCUT2D eigenvalue weighted by molar-refractivity contribution is -0.132. The number of piperidine rings is 1. The van der Waals surface area contributed by atoms with Gasteiger partial charge in [-0.2, -0.15) is 0 Å².